The second-order valence-electron chi connectivity index (χ2n) is 7.62. The number of rotatable bonds is 6. The van der Waals surface area contributed by atoms with Gasteiger partial charge in [0.15, 0.2) is 12.2 Å². The van der Waals surface area contributed by atoms with Gasteiger partial charge >= 0.3 is 6.09 Å². The number of aliphatic hydroxyl groups excluding tert-OH is 1. The smallest absolute Gasteiger partial charge is 0.414 e. The number of benzene rings is 1. The molecule has 2 aromatic heterocycles. The van der Waals surface area contributed by atoms with E-state index in [0.717, 1.165) is 23.8 Å². The summed E-state index contributed by atoms with van der Waals surface area (Å²) in [5.74, 6) is -0.257. The molecule has 5 rings (SSSR count). The Balaban J connectivity index is 1.33. The Morgan fingerprint density at radius 1 is 1.19 bits per heavy atom. The van der Waals surface area contributed by atoms with E-state index in [4.69, 9.17) is 4.74 Å². The van der Waals surface area contributed by atoms with E-state index in [0.29, 0.717) is 23.1 Å². The maximum atomic E-state index is 14.8. The highest BCUT2D eigenvalue weighted by molar-refractivity contribution is 5.90. The van der Waals surface area contributed by atoms with E-state index in [1.165, 1.54) is 18.3 Å². The number of anilines is 1. The Kier molecular flexibility index (Phi) is 5.00. The first kappa shape index (κ1) is 20.4. The summed E-state index contributed by atoms with van der Waals surface area (Å²) in [7, 11) is 0. The van der Waals surface area contributed by atoms with Crippen molar-refractivity contribution in [3.63, 3.8) is 0 Å². The molecule has 0 unspecified atom stereocenters. The molecule has 3 heterocycles. The zero-order valence-corrected chi connectivity index (χ0v) is 16.5. The van der Waals surface area contributed by atoms with Crippen molar-refractivity contribution >= 4 is 11.8 Å². The number of alkyl halides is 2. The molecule has 2 atom stereocenters. The van der Waals surface area contributed by atoms with Crippen LogP contribution in [0.25, 0.3) is 22.6 Å². The third-order valence-electron chi connectivity index (χ3n) is 5.34. The molecule has 0 bridgehead atoms. The number of aromatic nitrogens is 5. The number of aliphatic hydroxyl groups is 1. The topological polar surface area (TPSA) is 106 Å². The molecule has 0 spiro atoms. The average Bonchev–Trinajstić information content (AvgIpc) is 3.38. The monoisotopic (exact) mass is 446 g/mol. The van der Waals surface area contributed by atoms with Crippen LogP contribution in [0.15, 0.2) is 36.5 Å². The van der Waals surface area contributed by atoms with Crippen molar-refractivity contribution in [3.05, 3.63) is 42.3 Å². The largest absolute Gasteiger partial charge is 0.441 e. The van der Waals surface area contributed by atoms with Crippen LogP contribution in [0.4, 0.5) is 23.7 Å². The number of carbonyl (C=O) groups is 1. The molecule has 3 aromatic rings. The van der Waals surface area contributed by atoms with Crippen molar-refractivity contribution in [2.45, 2.75) is 37.5 Å². The van der Waals surface area contributed by atoms with E-state index in [2.05, 4.69) is 20.4 Å². The number of hydrogen-bond acceptors (Lipinski definition) is 7. The van der Waals surface area contributed by atoms with Crippen molar-refractivity contribution in [1.82, 2.24) is 25.2 Å². The zero-order chi connectivity index (χ0) is 22.4. The number of cyclic esters (lactones) is 1. The molecular formula is C20H17F3N6O3. The lowest BCUT2D eigenvalue weighted by atomic mass is 10.1. The molecule has 2 fully saturated rings. The van der Waals surface area contributed by atoms with Gasteiger partial charge in [-0.25, -0.2) is 18.0 Å². The van der Waals surface area contributed by atoms with Crippen LogP contribution in [0.5, 0.6) is 0 Å². The van der Waals surface area contributed by atoms with Crippen LogP contribution in [0, 0.1) is 5.82 Å². The molecule has 1 saturated carbocycles. The van der Waals surface area contributed by atoms with Crippen molar-refractivity contribution in [1.29, 1.82) is 0 Å². The van der Waals surface area contributed by atoms with E-state index in [1.807, 2.05) is 0 Å². The highest BCUT2D eigenvalue weighted by Gasteiger charge is 2.40. The van der Waals surface area contributed by atoms with Gasteiger partial charge in [0.05, 0.1) is 18.3 Å². The number of halogens is 3. The van der Waals surface area contributed by atoms with Gasteiger partial charge in [-0.15, -0.1) is 10.2 Å². The number of hydrogen-bond donors (Lipinski definition) is 1. The number of carbonyl (C=O) groups excluding carboxylic acids is 1. The first-order chi connectivity index (χ1) is 15.4. The van der Waals surface area contributed by atoms with Crippen LogP contribution < -0.4 is 4.90 Å². The molecule has 166 valence electrons. The molecule has 1 aliphatic carbocycles. The summed E-state index contributed by atoms with van der Waals surface area (Å²) in [6.45, 7) is -0.312. The Bertz CT molecular complexity index is 1150. The third kappa shape index (κ3) is 3.77. The van der Waals surface area contributed by atoms with Gasteiger partial charge in [0, 0.05) is 17.3 Å². The summed E-state index contributed by atoms with van der Waals surface area (Å²) < 4.78 is 45.0. The molecule has 32 heavy (non-hydrogen) atoms. The maximum absolute atomic E-state index is 14.8. The Labute approximate surface area is 179 Å². The minimum absolute atomic E-state index is 0.130. The normalized spacial score (nSPS) is 19.5. The molecular weight excluding hydrogens is 429 g/mol. The number of ether oxygens (including phenoxy) is 1. The van der Waals surface area contributed by atoms with Gasteiger partial charge in [0.2, 0.25) is 5.82 Å². The molecule has 2 aliphatic rings. The minimum atomic E-state index is -3.06. The second kappa shape index (κ2) is 7.86. The fourth-order valence-corrected chi connectivity index (χ4v) is 3.41. The van der Waals surface area contributed by atoms with E-state index >= 15 is 0 Å². The van der Waals surface area contributed by atoms with Gasteiger partial charge < -0.3 is 9.84 Å². The molecule has 12 heteroatoms. The molecule has 9 nitrogen and oxygen atoms in total. The summed E-state index contributed by atoms with van der Waals surface area (Å²) in [5.41, 5.74) is 1.35. The minimum Gasteiger partial charge on any atom is -0.441 e. The number of nitrogens with zero attached hydrogens (tertiary/aromatic N) is 6. The van der Waals surface area contributed by atoms with Gasteiger partial charge in [0.25, 0.3) is 6.43 Å². The van der Waals surface area contributed by atoms with Gasteiger partial charge in [-0.3, -0.25) is 9.88 Å². The van der Waals surface area contributed by atoms with E-state index in [-0.39, 0.29) is 17.8 Å². The van der Waals surface area contributed by atoms with Crippen LogP contribution in [0.2, 0.25) is 0 Å². The van der Waals surface area contributed by atoms with Crippen LogP contribution in [0.1, 0.15) is 18.9 Å². The van der Waals surface area contributed by atoms with E-state index < -0.39 is 30.5 Å². The summed E-state index contributed by atoms with van der Waals surface area (Å²) >= 11 is 0. The van der Waals surface area contributed by atoms with Crippen molar-refractivity contribution in [3.8, 4) is 22.6 Å². The number of pyridine rings is 1. The Morgan fingerprint density at radius 3 is 2.66 bits per heavy atom. The lowest BCUT2D eigenvalue weighted by Gasteiger charge is -2.16. The fourth-order valence-electron chi connectivity index (χ4n) is 3.41. The molecule has 1 saturated heterocycles. The van der Waals surface area contributed by atoms with Gasteiger partial charge in [-0.2, -0.15) is 4.80 Å². The molecule has 1 aromatic carbocycles. The van der Waals surface area contributed by atoms with Crippen LogP contribution in [-0.2, 0) is 4.74 Å². The van der Waals surface area contributed by atoms with Crippen molar-refractivity contribution in [2.24, 2.45) is 0 Å². The predicted octanol–water partition coefficient (Wildman–Crippen LogP) is 2.83. The summed E-state index contributed by atoms with van der Waals surface area (Å²) in [6.07, 6.45) is -3.97. The maximum Gasteiger partial charge on any atom is 0.414 e. The van der Waals surface area contributed by atoms with Crippen molar-refractivity contribution < 1.29 is 27.8 Å². The highest BCUT2D eigenvalue weighted by Crippen LogP contribution is 2.33. The van der Waals surface area contributed by atoms with E-state index in [9.17, 15) is 23.1 Å². The van der Waals surface area contributed by atoms with Crippen LogP contribution >= 0.6 is 0 Å². The summed E-state index contributed by atoms with van der Waals surface area (Å²) in [5, 5.41) is 21.7. The van der Waals surface area contributed by atoms with Gasteiger partial charge in [-0.1, -0.05) is 6.07 Å². The first-order valence-corrected chi connectivity index (χ1v) is 9.91. The Hall–Kier alpha value is -3.54. The molecule has 0 radical (unpaired) electrons. The molecule has 1 amide bonds. The summed E-state index contributed by atoms with van der Waals surface area (Å²) in [4.78, 5) is 18.9. The SMILES string of the molecule is O=C1O[C@H]([C@H](O)C(F)F)CN1c1ccc(-c2ccc(-c3nnn(C4CC4)n3)nc2)c(F)c1. The molecule has 1 aliphatic heterocycles. The fraction of sp³-hybridized carbons (Fsp3) is 0.350. The lowest BCUT2D eigenvalue weighted by molar-refractivity contribution is -0.0641. The van der Waals surface area contributed by atoms with Crippen molar-refractivity contribution in [2.75, 3.05) is 11.4 Å². The third-order valence-corrected chi connectivity index (χ3v) is 5.34. The second-order valence-corrected chi connectivity index (χ2v) is 7.62. The first-order valence-electron chi connectivity index (χ1n) is 9.91. The highest BCUT2D eigenvalue weighted by atomic mass is 19.3. The van der Waals surface area contributed by atoms with Crippen LogP contribution in [-0.4, -0.2) is 61.6 Å². The lowest BCUT2D eigenvalue weighted by Crippen LogP contribution is -2.36. The van der Waals surface area contributed by atoms with Crippen LogP contribution in [0.3, 0.4) is 0 Å². The zero-order valence-electron chi connectivity index (χ0n) is 16.5. The standard InChI is InChI=1S/C20H17F3N6O3/c21-14-7-12(28-9-16(32-20(28)31)17(30)18(22)23)4-5-13(14)10-1-6-15(24-8-10)19-25-27-29(26-19)11-2-3-11/h1,4-8,11,16-18,30H,2-3,9H2/t16-,17-/m0/s1. The number of tetrazole rings is 1. The van der Waals surface area contributed by atoms with E-state index in [1.54, 1.807) is 16.9 Å². The van der Waals surface area contributed by atoms with Gasteiger partial charge in [-0.05, 0) is 42.3 Å². The summed E-state index contributed by atoms with van der Waals surface area (Å²) in [6, 6.07) is 7.64. The predicted molar refractivity (Wildman–Crippen MR) is 104 cm³/mol. The molecule has 1 N–H and O–H groups in total. The quantitative estimate of drug-likeness (QED) is 0.621. The average molecular weight is 446 g/mol. The van der Waals surface area contributed by atoms with Gasteiger partial charge in [0.1, 0.15) is 11.5 Å². The Morgan fingerprint density at radius 2 is 2.00 bits per heavy atom. The number of amides is 1.